The summed E-state index contributed by atoms with van der Waals surface area (Å²) in [6.07, 6.45) is 2.99. The molecule has 1 fully saturated rings. The van der Waals surface area contributed by atoms with Crippen LogP contribution in [0.4, 0.5) is 4.79 Å². The van der Waals surface area contributed by atoms with Gasteiger partial charge in [-0.25, -0.2) is 9.59 Å². The first-order valence-electron chi connectivity index (χ1n) is 8.58. The third kappa shape index (κ3) is 4.50. The van der Waals surface area contributed by atoms with Gasteiger partial charge >= 0.3 is 12.0 Å². The number of nitrogens with one attached hydrogen (secondary N) is 1. The van der Waals surface area contributed by atoms with E-state index >= 15 is 0 Å². The Morgan fingerprint density at radius 3 is 2.60 bits per heavy atom. The van der Waals surface area contributed by atoms with Crippen molar-refractivity contribution in [3.8, 4) is 5.75 Å². The first-order chi connectivity index (χ1) is 14.3. The zero-order valence-electron chi connectivity index (χ0n) is 15.7. The fourth-order valence-corrected chi connectivity index (χ4v) is 3.27. The number of benzene rings is 1. The molecule has 1 N–H and O–H groups in total. The number of furan rings is 1. The normalized spacial score (nSPS) is 14.8. The van der Waals surface area contributed by atoms with Gasteiger partial charge in [-0.3, -0.25) is 9.69 Å². The number of nitrogens with zero attached hydrogens (tertiary/aromatic N) is 1. The van der Waals surface area contributed by atoms with Crippen LogP contribution < -0.4 is 10.1 Å². The quantitative estimate of drug-likeness (QED) is 0.296. The van der Waals surface area contributed by atoms with Gasteiger partial charge < -0.3 is 19.2 Å². The van der Waals surface area contributed by atoms with Gasteiger partial charge in [-0.05, 0) is 35.9 Å². The average molecular weight is 451 g/mol. The standard InChI is InChI=1S/C20H16Cl2N2O6/c1-3-6-29-17-13(21)7-11(8-14(17)22)9-15-18(25)24(20(27)23-15)10-12-4-5-16(30-12)19(26)28-2/h3-5,7-9H,1,6,10H2,2H3,(H,23,27)/b15-9-. The van der Waals surface area contributed by atoms with Gasteiger partial charge in [0.15, 0.2) is 5.75 Å². The van der Waals surface area contributed by atoms with Crippen LogP contribution in [0.25, 0.3) is 6.08 Å². The number of ether oxygens (including phenoxy) is 2. The monoisotopic (exact) mass is 450 g/mol. The summed E-state index contributed by atoms with van der Waals surface area (Å²) in [5, 5.41) is 2.98. The molecule has 0 saturated carbocycles. The lowest BCUT2D eigenvalue weighted by Gasteiger charge is -2.10. The van der Waals surface area contributed by atoms with Crippen LogP contribution in [0.15, 0.2) is 47.0 Å². The fourth-order valence-electron chi connectivity index (χ4n) is 2.65. The molecule has 0 radical (unpaired) electrons. The Labute approximate surface area is 181 Å². The van der Waals surface area contributed by atoms with Gasteiger partial charge in [-0.1, -0.05) is 35.9 Å². The molecule has 1 aliphatic heterocycles. The average Bonchev–Trinajstić information content (AvgIpc) is 3.27. The predicted octanol–water partition coefficient (Wildman–Crippen LogP) is 4.03. The van der Waals surface area contributed by atoms with E-state index in [-0.39, 0.29) is 40.4 Å². The van der Waals surface area contributed by atoms with Crippen LogP contribution >= 0.6 is 23.2 Å². The smallest absolute Gasteiger partial charge is 0.373 e. The van der Waals surface area contributed by atoms with E-state index < -0.39 is 17.9 Å². The molecule has 1 aromatic heterocycles. The van der Waals surface area contributed by atoms with Crippen LogP contribution in [-0.2, 0) is 16.1 Å². The molecule has 0 aliphatic carbocycles. The van der Waals surface area contributed by atoms with Crippen LogP contribution in [0.2, 0.25) is 10.0 Å². The number of amides is 3. The summed E-state index contributed by atoms with van der Waals surface area (Å²) in [5.41, 5.74) is 0.527. The summed E-state index contributed by atoms with van der Waals surface area (Å²) in [5.74, 6) is -0.722. The molecule has 0 atom stereocenters. The largest absolute Gasteiger partial charge is 0.486 e. The van der Waals surface area contributed by atoms with E-state index in [2.05, 4.69) is 16.6 Å². The highest BCUT2D eigenvalue weighted by Gasteiger charge is 2.34. The van der Waals surface area contributed by atoms with E-state index in [4.69, 9.17) is 32.4 Å². The van der Waals surface area contributed by atoms with Gasteiger partial charge in [0.2, 0.25) is 5.76 Å². The minimum atomic E-state index is -0.659. The number of carbonyl (C=O) groups excluding carboxylic acids is 3. The maximum atomic E-state index is 12.6. The Morgan fingerprint density at radius 1 is 1.27 bits per heavy atom. The Balaban J connectivity index is 1.78. The van der Waals surface area contributed by atoms with Gasteiger partial charge in [0.05, 0.1) is 23.7 Å². The lowest BCUT2D eigenvalue weighted by Crippen LogP contribution is -2.30. The minimum absolute atomic E-state index is 0.0293. The highest BCUT2D eigenvalue weighted by Crippen LogP contribution is 2.35. The maximum absolute atomic E-state index is 12.6. The number of methoxy groups -OCH3 is 1. The lowest BCUT2D eigenvalue weighted by molar-refractivity contribution is -0.123. The first kappa shape index (κ1) is 21.5. The number of rotatable bonds is 7. The summed E-state index contributed by atoms with van der Waals surface area (Å²) in [4.78, 5) is 37.3. The molecule has 156 valence electrons. The lowest BCUT2D eigenvalue weighted by atomic mass is 10.1. The summed E-state index contributed by atoms with van der Waals surface area (Å²) >= 11 is 12.4. The van der Waals surface area contributed by atoms with Crippen LogP contribution in [0.5, 0.6) is 5.75 Å². The number of esters is 1. The molecule has 30 heavy (non-hydrogen) atoms. The number of carbonyl (C=O) groups is 3. The second-order valence-electron chi connectivity index (χ2n) is 6.05. The second-order valence-corrected chi connectivity index (χ2v) is 6.86. The molecule has 8 nitrogen and oxygen atoms in total. The van der Waals surface area contributed by atoms with Crippen molar-refractivity contribution in [3.05, 3.63) is 69.7 Å². The highest BCUT2D eigenvalue weighted by atomic mass is 35.5. The second kappa shape index (κ2) is 9.06. The van der Waals surface area contributed by atoms with Crippen molar-refractivity contribution in [3.63, 3.8) is 0 Å². The van der Waals surface area contributed by atoms with Crippen LogP contribution in [-0.4, -0.2) is 36.5 Å². The molecule has 0 bridgehead atoms. The third-order valence-corrected chi connectivity index (χ3v) is 4.56. The van der Waals surface area contributed by atoms with Crippen molar-refractivity contribution in [2.24, 2.45) is 0 Å². The summed E-state index contributed by atoms with van der Waals surface area (Å²) < 4.78 is 15.3. The molecule has 1 aromatic carbocycles. The molecule has 1 aliphatic rings. The topological polar surface area (TPSA) is 98.1 Å². The van der Waals surface area contributed by atoms with Gasteiger partial charge in [0.25, 0.3) is 5.91 Å². The Hall–Kier alpha value is -3.23. The van der Waals surface area contributed by atoms with Crippen molar-refractivity contribution in [2.75, 3.05) is 13.7 Å². The minimum Gasteiger partial charge on any atom is -0.486 e. The molecule has 0 unspecified atom stereocenters. The Bertz CT molecular complexity index is 1040. The van der Waals surface area contributed by atoms with Crippen molar-refractivity contribution in [1.82, 2.24) is 10.2 Å². The molecule has 10 heteroatoms. The zero-order valence-corrected chi connectivity index (χ0v) is 17.2. The van der Waals surface area contributed by atoms with E-state index in [1.807, 2.05) is 0 Å². The van der Waals surface area contributed by atoms with Crippen molar-refractivity contribution in [2.45, 2.75) is 6.54 Å². The van der Waals surface area contributed by atoms with Gasteiger partial charge in [0.1, 0.15) is 18.1 Å². The van der Waals surface area contributed by atoms with E-state index in [0.29, 0.717) is 11.3 Å². The molecule has 2 heterocycles. The van der Waals surface area contributed by atoms with Gasteiger partial charge in [0, 0.05) is 0 Å². The maximum Gasteiger partial charge on any atom is 0.373 e. The highest BCUT2D eigenvalue weighted by molar-refractivity contribution is 6.37. The summed E-state index contributed by atoms with van der Waals surface area (Å²) in [6.45, 7) is 3.63. The van der Waals surface area contributed by atoms with Gasteiger partial charge in [-0.2, -0.15) is 0 Å². The molecule has 1 saturated heterocycles. The molecular weight excluding hydrogens is 435 g/mol. The Kier molecular flexibility index (Phi) is 6.49. The van der Waals surface area contributed by atoms with Crippen molar-refractivity contribution >= 4 is 47.2 Å². The zero-order chi connectivity index (χ0) is 21.8. The molecule has 3 amide bonds. The number of halogens is 2. The Morgan fingerprint density at radius 2 is 1.97 bits per heavy atom. The number of urea groups is 1. The van der Waals surface area contributed by atoms with Gasteiger partial charge in [-0.15, -0.1) is 0 Å². The molecule has 0 spiro atoms. The number of hydrogen-bond acceptors (Lipinski definition) is 6. The predicted molar refractivity (Wildman–Crippen MR) is 109 cm³/mol. The number of hydrogen-bond donors (Lipinski definition) is 1. The first-order valence-corrected chi connectivity index (χ1v) is 9.34. The fraction of sp³-hybridized carbons (Fsp3) is 0.150. The third-order valence-electron chi connectivity index (χ3n) is 4.00. The van der Waals surface area contributed by atoms with E-state index in [0.717, 1.165) is 4.90 Å². The number of imide groups is 1. The van der Waals surface area contributed by atoms with Crippen LogP contribution in [0.1, 0.15) is 21.9 Å². The summed E-state index contributed by atoms with van der Waals surface area (Å²) in [7, 11) is 1.22. The van der Waals surface area contributed by atoms with Crippen LogP contribution in [0, 0.1) is 0 Å². The molecular formula is C20H16Cl2N2O6. The van der Waals surface area contributed by atoms with Crippen molar-refractivity contribution < 1.29 is 28.3 Å². The van der Waals surface area contributed by atoms with Crippen LogP contribution in [0.3, 0.4) is 0 Å². The van der Waals surface area contributed by atoms with E-state index in [1.54, 1.807) is 18.2 Å². The summed E-state index contributed by atoms with van der Waals surface area (Å²) in [6, 6.07) is 5.35. The van der Waals surface area contributed by atoms with E-state index in [1.165, 1.54) is 25.3 Å². The molecule has 3 rings (SSSR count). The molecule has 2 aromatic rings. The van der Waals surface area contributed by atoms with Crippen molar-refractivity contribution in [1.29, 1.82) is 0 Å². The SMILES string of the molecule is C=CCOc1c(Cl)cc(/C=C2\NC(=O)N(Cc3ccc(C(=O)OC)o3)C2=O)cc1Cl. The van der Waals surface area contributed by atoms with E-state index in [9.17, 15) is 14.4 Å².